The Kier molecular flexibility index (Phi) is 7.28. The standard InChI is InChI=1S/C24H24N2O6/c1-31-22-11-12-23(32-2)19(14-22)16-25(15-18-5-9-21(10-6-18)26(29)30)20-7-3-17(4-8-20)13-24(27)28/h3-12,14H,13,15-16H2,1-2H3,(H,27,28). The highest BCUT2D eigenvalue weighted by Gasteiger charge is 2.14. The van der Waals surface area contributed by atoms with Crippen molar-refractivity contribution in [2.45, 2.75) is 19.5 Å². The maximum Gasteiger partial charge on any atom is 0.307 e. The smallest absolute Gasteiger partial charge is 0.307 e. The fourth-order valence-corrected chi connectivity index (χ4v) is 3.39. The van der Waals surface area contributed by atoms with E-state index in [0.717, 1.165) is 16.8 Å². The number of nitrogens with zero attached hydrogens (tertiary/aromatic N) is 2. The van der Waals surface area contributed by atoms with Crippen LogP contribution in [0.4, 0.5) is 11.4 Å². The zero-order valence-electron chi connectivity index (χ0n) is 17.9. The molecule has 1 N–H and O–H groups in total. The second-order valence-corrected chi connectivity index (χ2v) is 7.19. The lowest BCUT2D eigenvalue weighted by atomic mass is 10.1. The molecule has 8 heteroatoms. The molecule has 166 valence electrons. The minimum absolute atomic E-state index is 0.0350. The molecule has 0 saturated heterocycles. The van der Waals surface area contributed by atoms with Crippen molar-refractivity contribution in [1.82, 2.24) is 0 Å². The third-order valence-corrected chi connectivity index (χ3v) is 5.03. The molecule has 0 spiro atoms. The monoisotopic (exact) mass is 436 g/mol. The summed E-state index contributed by atoms with van der Waals surface area (Å²) in [7, 11) is 3.20. The van der Waals surface area contributed by atoms with E-state index in [-0.39, 0.29) is 12.1 Å². The highest BCUT2D eigenvalue weighted by Crippen LogP contribution is 2.29. The van der Waals surface area contributed by atoms with E-state index in [1.54, 1.807) is 38.5 Å². The SMILES string of the molecule is COc1ccc(OC)c(CN(Cc2ccc([N+](=O)[O-])cc2)c2ccc(CC(=O)O)cc2)c1. The molecule has 0 radical (unpaired) electrons. The lowest BCUT2D eigenvalue weighted by molar-refractivity contribution is -0.384. The van der Waals surface area contributed by atoms with Gasteiger partial charge in [0.1, 0.15) is 11.5 Å². The molecular weight excluding hydrogens is 412 g/mol. The molecule has 8 nitrogen and oxygen atoms in total. The normalized spacial score (nSPS) is 10.4. The Labute approximate surface area is 185 Å². The minimum Gasteiger partial charge on any atom is -0.497 e. The summed E-state index contributed by atoms with van der Waals surface area (Å²) in [6.07, 6.45) is -0.0493. The molecule has 0 heterocycles. The third-order valence-electron chi connectivity index (χ3n) is 5.03. The van der Waals surface area contributed by atoms with Gasteiger partial charge in [-0.3, -0.25) is 14.9 Å². The van der Waals surface area contributed by atoms with Gasteiger partial charge in [-0.25, -0.2) is 0 Å². The average Bonchev–Trinajstić information content (AvgIpc) is 2.79. The summed E-state index contributed by atoms with van der Waals surface area (Å²) in [5, 5.41) is 20.0. The molecule has 3 aromatic carbocycles. The largest absolute Gasteiger partial charge is 0.497 e. The van der Waals surface area contributed by atoms with Gasteiger partial charge in [0.25, 0.3) is 5.69 Å². The summed E-state index contributed by atoms with van der Waals surface area (Å²) in [5.41, 5.74) is 3.42. The van der Waals surface area contributed by atoms with Gasteiger partial charge in [-0.2, -0.15) is 0 Å². The molecule has 0 bridgehead atoms. The number of nitro benzene ring substituents is 1. The van der Waals surface area contributed by atoms with Crippen molar-refractivity contribution in [3.8, 4) is 11.5 Å². The van der Waals surface area contributed by atoms with Crippen molar-refractivity contribution < 1.29 is 24.3 Å². The van der Waals surface area contributed by atoms with Gasteiger partial charge in [0.2, 0.25) is 0 Å². The van der Waals surface area contributed by atoms with Crippen LogP contribution in [0.2, 0.25) is 0 Å². The molecule has 3 aromatic rings. The van der Waals surface area contributed by atoms with E-state index < -0.39 is 10.9 Å². The number of benzene rings is 3. The second-order valence-electron chi connectivity index (χ2n) is 7.19. The zero-order valence-corrected chi connectivity index (χ0v) is 17.9. The van der Waals surface area contributed by atoms with Crippen LogP contribution >= 0.6 is 0 Å². The van der Waals surface area contributed by atoms with Crippen LogP contribution in [-0.4, -0.2) is 30.2 Å². The number of carboxylic acid groups (broad SMARTS) is 1. The number of anilines is 1. The first-order valence-electron chi connectivity index (χ1n) is 9.89. The fraction of sp³-hybridized carbons (Fsp3) is 0.208. The van der Waals surface area contributed by atoms with Crippen molar-refractivity contribution in [3.05, 3.63) is 93.5 Å². The topological polar surface area (TPSA) is 102 Å². The van der Waals surface area contributed by atoms with Gasteiger partial charge in [-0.1, -0.05) is 24.3 Å². The van der Waals surface area contributed by atoms with Crippen LogP contribution in [0.1, 0.15) is 16.7 Å². The van der Waals surface area contributed by atoms with E-state index in [4.69, 9.17) is 14.6 Å². The first-order valence-corrected chi connectivity index (χ1v) is 9.89. The van der Waals surface area contributed by atoms with E-state index in [0.29, 0.717) is 30.2 Å². The number of rotatable bonds is 10. The number of carboxylic acids is 1. The number of hydrogen-bond acceptors (Lipinski definition) is 6. The lowest BCUT2D eigenvalue weighted by Crippen LogP contribution is -2.22. The molecule has 0 aromatic heterocycles. The number of aliphatic carboxylic acids is 1. The van der Waals surface area contributed by atoms with E-state index >= 15 is 0 Å². The van der Waals surface area contributed by atoms with Crippen molar-refractivity contribution in [2.24, 2.45) is 0 Å². The van der Waals surface area contributed by atoms with E-state index in [9.17, 15) is 14.9 Å². The van der Waals surface area contributed by atoms with Crippen LogP contribution in [0.3, 0.4) is 0 Å². The summed E-state index contributed by atoms with van der Waals surface area (Å²) in [6.45, 7) is 0.965. The van der Waals surface area contributed by atoms with Crippen molar-refractivity contribution in [2.75, 3.05) is 19.1 Å². The van der Waals surface area contributed by atoms with Gasteiger partial charge in [0.15, 0.2) is 0 Å². The molecule has 0 atom stereocenters. The van der Waals surface area contributed by atoms with Crippen LogP contribution in [-0.2, 0) is 24.3 Å². The second kappa shape index (κ2) is 10.3. The number of hydrogen-bond donors (Lipinski definition) is 1. The van der Waals surface area contributed by atoms with Gasteiger partial charge in [-0.05, 0) is 41.5 Å². The summed E-state index contributed by atoms with van der Waals surface area (Å²) in [5.74, 6) is 0.525. The molecule has 0 amide bonds. The minimum atomic E-state index is -0.887. The van der Waals surface area contributed by atoms with E-state index in [2.05, 4.69) is 4.90 Å². The Morgan fingerprint density at radius 1 is 0.938 bits per heavy atom. The Balaban J connectivity index is 1.93. The third kappa shape index (κ3) is 5.75. The Morgan fingerprint density at radius 2 is 1.59 bits per heavy atom. The lowest BCUT2D eigenvalue weighted by Gasteiger charge is -2.26. The van der Waals surface area contributed by atoms with Gasteiger partial charge in [-0.15, -0.1) is 0 Å². The molecule has 0 aliphatic heterocycles. The highest BCUT2D eigenvalue weighted by molar-refractivity contribution is 5.70. The highest BCUT2D eigenvalue weighted by atomic mass is 16.6. The first-order chi connectivity index (χ1) is 15.4. The van der Waals surface area contributed by atoms with Gasteiger partial charge in [0, 0.05) is 36.5 Å². The van der Waals surface area contributed by atoms with Crippen molar-refractivity contribution in [1.29, 1.82) is 0 Å². The fourth-order valence-electron chi connectivity index (χ4n) is 3.39. The van der Waals surface area contributed by atoms with Crippen LogP contribution < -0.4 is 14.4 Å². The Bertz CT molecular complexity index is 1080. The maximum atomic E-state index is 11.0. The summed E-state index contributed by atoms with van der Waals surface area (Å²) in [6, 6.07) is 19.3. The van der Waals surface area contributed by atoms with Crippen LogP contribution in [0, 0.1) is 10.1 Å². The average molecular weight is 436 g/mol. The maximum absolute atomic E-state index is 11.0. The molecule has 0 aliphatic rings. The van der Waals surface area contributed by atoms with E-state index in [1.807, 2.05) is 30.3 Å². The first kappa shape index (κ1) is 22.6. The van der Waals surface area contributed by atoms with Crippen molar-refractivity contribution in [3.63, 3.8) is 0 Å². The Morgan fingerprint density at radius 3 is 2.16 bits per heavy atom. The van der Waals surface area contributed by atoms with Crippen LogP contribution in [0.15, 0.2) is 66.7 Å². The van der Waals surface area contributed by atoms with Crippen LogP contribution in [0.25, 0.3) is 0 Å². The molecule has 32 heavy (non-hydrogen) atoms. The molecule has 0 aliphatic carbocycles. The van der Waals surface area contributed by atoms with Gasteiger partial charge >= 0.3 is 5.97 Å². The Hall–Kier alpha value is -4.07. The molecule has 0 saturated carbocycles. The number of nitro groups is 1. The quantitative estimate of drug-likeness (QED) is 0.370. The predicted molar refractivity (Wildman–Crippen MR) is 120 cm³/mol. The molecule has 0 fully saturated rings. The van der Waals surface area contributed by atoms with Crippen LogP contribution in [0.5, 0.6) is 11.5 Å². The number of methoxy groups -OCH3 is 2. The molecule has 3 rings (SSSR count). The van der Waals surface area contributed by atoms with Crippen molar-refractivity contribution >= 4 is 17.3 Å². The van der Waals surface area contributed by atoms with E-state index in [1.165, 1.54) is 12.1 Å². The van der Waals surface area contributed by atoms with Gasteiger partial charge < -0.3 is 19.5 Å². The molecular formula is C24H24N2O6. The molecule has 0 unspecified atom stereocenters. The number of carbonyl (C=O) groups is 1. The summed E-state index contributed by atoms with van der Waals surface area (Å²) in [4.78, 5) is 23.6. The number of ether oxygens (including phenoxy) is 2. The number of non-ortho nitro benzene ring substituents is 1. The summed E-state index contributed by atoms with van der Waals surface area (Å²) < 4.78 is 10.9. The summed E-state index contributed by atoms with van der Waals surface area (Å²) >= 11 is 0. The zero-order chi connectivity index (χ0) is 23.1. The predicted octanol–water partition coefficient (Wildman–Crippen LogP) is 4.45. The van der Waals surface area contributed by atoms with Gasteiger partial charge in [0.05, 0.1) is 25.6 Å².